The van der Waals surface area contributed by atoms with Crippen molar-refractivity contribution < 1.29 is 4.74 Å². The summed E-state index contributed by atoms with van der Waals surface area (Å²) in [6, 6.07) is 8.14. The molecule has 1 aromatic carbocycles. The van der Waals surface area contributed by atoms with Gasteiger partial charge in [-0.25, -0.2) is 0 Å². The van der Waals surface area contributed by atoms with Crippen molar-refractivity contribution in [1.82, 2.24) is 9.78 Å². The number of aryl methyl sites for hydroxylation is 1. The van der Waals surface area contributed by atoms with Gasteiger partial charge in [0, 0.05) is 24.4 Å². The first-order chi connectivity index (χ1) is 8.81. The lowest BCUT2D eigenvalue weighted by atomic mass is 9.94. The molecule has 4 nitrogen and oxygen atoms in total. The van der Waals surface area contributed by atoms with E-state index in [1.807, 2.05) is 25.2 Å². The molecule has 2 aromatic rings. The Kier molecular flexibility index (Phi) is 2.52. The van der Waals surface area contributed by atoms with Crippen LogP contribution in [-0.4, -0.2) is 16.4 Å². The van der Waals surface area contributed by atoms with Crippen molar-refractivity contribution in [2.75, 3.05) is 6.61 Å². The SMILES string of the molecule is Cn1nccc1-c1ccc2c(c1C#N)CCCO2. The van der Waals surface area contributed by atoms with Crippen LogP contribution >= 0.6 is 0 Å². The molecule has 1 aliphatic heterocycles. The molecule has 0 amide bonds. The van der Waals surface area contributed by atoms with Crippen LogP contribution in [0.25, 0.3) is 11.3 Å². The zero-order valence-electron chi connectivity index (χ0n) is 10.2. The van der Waals surface area contributed by atoms with Crippen LogP contribution in [0, 0.1) is 11.3 Å². The third-order valence-corrected chi connectivity index (χ3v) is 3.31. The lowest BCUT2D eigenvalue weighted by molar-refractivity contribution is 0.288. The summed E-state index contributed by atoms with van der Waals surface area (Å²) < 4.78 is 7.38. The maximum Gasteiger partial charge on any atom is 0.123 e. The van der Waals surface area contributed by atoms with E-state index in [-0.39, 0.29) is 0 Å². The molecular formula is C14H13N3O. The number of benzene rings is 1. The van der Waals surface area contributed by atoms with Gasteiger partial charge in [0.25, 0.3) is 0 Å². The van der Waals surface area contributed by atoms with Crippen LogP contribution in [0.15, 0.2) is 24.4 Å². The fourth-order valence-corrected chi connectivity index (χ4v) is 2.42. The smallest absolute Gasteiger partial charge is 0.123 e. The molecule has 18 heavy (non-hydrogen) atoms. The van der Waals surface area contributed by atoms with Crippen LogP contribution in [0.5, 0.6) is 5.75 Å². The van der Waals surface area contributed by atoms with Gasteiger partial charge < -0.3 is 4.74 Å². The predicted molar refractivity (Wildman–Crippen MR) is 67.2 cm³/mol. The average molecular weight is 239 g/mol. The first kappa shape index (κ1) is 10.8. The van der Waals surface area contributed by atoms with E-state index >= 15 is 0 Å². The van der Waals surface area contributed by atoms with Crippen LogP contribution in [0.3, 0.4) is 0 Å². The largest absolute Gasteiger partial charge is 0.493 e. The van der Waals surface area contributed by atoms with E-state index in [2.05, 4.69) is 11.2 Å². The molecule has 90 valence electrons. The van der Waals surface area contributed by atoms with Gasteiger partial charge >= 0.3 is 0 Å². The number of rotatable bonds is 1. The number of fused-ring (bicyclic) bond motifs is 1. The molecule has 0 bridgehead atoms. The van der Waals surface area contributed by atoms with E-state index in [9.17, 15) is 5.26 Å². The molecule has 0 saturated carbocycles. The quantitative estimate of drug-likeness (QED) is 0.767. The highest BCUT2D eigenvalue weighted by Crippen LogP contribution is 2.34. The van der Waals surface area contributed by atoms with E-state index in [4.69, 9.17) is 4.74 Å². The Labute approximate surface area is 105 Å². The van der Waals surface area contributed by atoms with Crippen molar-refractivity contribution >= 4 is 0 Å². The summed E-state index contributed by atoms with van der Waals surface area (Å²) in [5.41, 5.74) is 3.64. The molecule has 0 unspecified atom stereocenters. The standard InChI is InChI=1S/C14H13N3O/c1-17-13(6-7-16-17)10-4-5-14-11(12(10)9-15)3-2-8-18-14/h4-7H,2-3,8H2,1H3. The molecule has 0 saturated heterocycles. The maximum absolute atomic E-state index is 9.43. The van der Waals surface area contributed by atoms with Gasteiger partial charge in [-0.2, -0.15) is 10.4 Å². The molecule has 0 N–H and O–H groups in total. The van der Waals surface area contributed by atoms with E-state index in [0.717, 1.165) is 47.6 Å². The molecule has 1 aliphatic rings. The third-order valence-electron chi connectivity index (χ3n) is 3.31. The second-order valence-corrected chi connectivity index (χ2v) is 4.37. The second-order valence-electron chi connectivity index (χ2n) is 4.37. The third kappa shape index (κ3) is 1.56. The van der Waals surface area contributed by atoms with Gasteiger partial charge in [0.1, 0.15) is 11.8 Å². The zero-order valence-corrected chi connectivity index (χ0v) is 10.2. The molecule has 0 aliphatic carbocycles. The lowest BCUT2D eigenvalue weighted by Gasteiger charge is -2.19. The van der Waals surface area contributed by atoms with Crippen molar-refractivity contribution in [3.05, 3.63) is 35.5 Å². The van der Waals surface area contributed by atoms with Crippen LogP contribution in [0.4, 0.5) is 0 Å². The molecule has 4 heteroatoms. The monoisotopic (exact) mass is 239 g/mol. The highest BCUT2D eigenvalue weighted by Gasteiger charge is 2.19. The van der Waals surface area contributed by atoms with Crippen LogP contribution < -0.4 is 4.74 Å². The van der Waals surface area contributed by atoms with Crippen LogP contribution in [-0.2, 0) is 13.5 Å². The van der Waals surface area contributed by atoms with E-state index in [1.54, 1.807) is 10.9 Å². The number of aromatic nitrogens is 2. The number of nitriles is 1. The summed E-state index contributed by atoms with van der Waals surface area (Å²) in [7, 11) is 1.88. The van der Waals surface area contributed by atoms with Crippen LogP contribution in [0.1, 0.15) is 17.5 Å². The summed E-state index contributed by atoms with van der Waals surface area (Å²) in [5, 5.41) is 13.6. The van der Waals surface area contributed by atoms with Crippen LogP contribution in [0.2, 0.25) is 0 Å². The van der Waals surface area contributed by atoms with Crippen molar-refractivity contribution in [3.8, 4) is 23.1 Å². The van der Waals surface area contributed by atoms with Crippen molar-refractivity contribution in [2.45, 2.75) is 12.8 Å². The van der Waals surface area contributed by atoms with Gasteiger partial charge in [0.2, 0.25) is 0 Å². The van der Waals surface area contributed by atoms with E-state index in [1.165, 1.54) is 0 Å². The number of ether oxygens (including phenoxy) is 1. The Hall–Kier alpha value is -2.28. The molecular weight excluding hydrogens is 226 g/mol. The maximum atomic E-state index is 9.43. The first-order valence-electron chi connectivity index (χ1n) is 5.98. The fourth-order valence-electron chi connectivity index (χ4n) is 2.42. The van der Waals surface area contributed by atoms with Gasteiger partial charge in [-0.1, -0.05) is 0 Å². The fraction of sp³-hybridized carbons (Fsp3) is 0.286. The summed E-state index contributed by atoms with van der Waals surface area (Å²) >= 11 is 0. The summed E-state index contributed by atoms with van der Waals surface area (Å²) in [6.45, 7) is 0.739. The van der Waals surface area contributed by atoms with Crippen molar-refractivity contribution in [3.63, 3.8) is 0 Å². The Morgan fingerprint density at radius 3 is 3.00 bits per heavy atom. The van der Waals surface area contributed by atoms with E-state index < -0.39 is 0 Å². The average Bonchev–Trinajstić information content (AvgIpc) is 2.83. The Morgan fingerprint density at radius 2 is 2.28 bits per heavy atom. The predicted octanol–water partition coefficient (Wildman–Crippen LogP) is 2.28. The minimum absolute atomic E-state index is 0.718. The topological polar surface area (TPSA) is 50.8 Å². The Morgan fingerprint density at radius 1 is 1.39 bits per heavy atom. The minimum Gasteiger partial charge on any atom is -0.493 e. The van der Waals surface area contributed by atoms with Gasteiger partial charge in [0.05, 0.1) is 17.9 Å². The molecule has 1 aromatic heterocycles. The Balaban J connectivity index is 2.23. The van der Waals surface area contributed by atoms with Crippen molar-refractivity contribution in [2.24, 2.45) is 7.05 Å². The van der Waals surface area contributed by atoms with E-state index in [0.29, 0.717) is 0 Å². The van der Waals surface area contributed by atoms with Gasteiger partial charge in [0.15, 0.2) is 0 Å². The van der Waals surface area contributed by atoms with Gasteiger partial charge in [-0.3, -0.25) is 4.68 Å². The number of hydrogen-bond donors (Lipinski definition) is 0. The Bertz CT molecular complexity index is 637. The molecule has 0 fully saturated rings. The number of nitrogens with zero attached hydrogens (tertiary/aromatic N) is 3. The molecule has 0 radical (unpaired) electrons. The zero-order chi connectivity index (χ0) is 12.5. The van der Waals surface area contributed by atoms with Crippen molar-refractivity contribution in [1.29, 1.82) is 5.26 Å². The highest BCUT2D eigenvalue weighted by molar-refractivity contribution is 5.72. The summed E-state index contributed by atoms with van der Waals surface area (Å²) in [5.74, 6) is 0.851. The lowest BCUT2D eigenvalue weighted by Crippen LogP contribution is -2.10. The molecule has 0 spiro atoms. The summed E-state index contributed by atoms with van der Waals surface area (Å²) in [4.78, 5) is 0. The summed E-state index contributed by atoms with van der Waals surface area (Å²) in [6.07, 6.45) is 3.62. The molecule has 3 rings (SSSR count). The molecule has 0 atom stereocenters. The minimum atomic E-state index is 0.718. The van der Waals surface area contributed by atoms with Gasteiger partial charge in [-0.15, -0.1) is 0 Å². The number of hydrogen-bond acceptors (Lipinski definition) is 3. The molecule has 2 heterocycles. The first-order valence-corrected chi connectivity index (χ1v) is 5.98. The second kappa shape index (κ2) is 4.19. The highest BCUT2D eigenvalue weighted by atomic mass is 16.5. The van der Waals surface area contributed by atoms with Gasteiger partial charge in [-0.05, 0) is 31.0 Å². The normalized spacial score (nSPS) is 13.6.